The highest BCUT2D eigenvalue weighted by Gasteiger charge is 2.19. The van der Waals surface area contributed by atoms with Gasteiger partial charge in [0.15, 0.2) is 16.8 Å². The van der Waals surface area contributed by atoms with Crippen LogP contribution in [0, 0.1) is 11.6 Å². The van der Waals surface area contributed by atoms with Gasteiger partial charge in [-0.15, -0.1) is 11.3 Å². The van der Waals surface area contributed by atoms with Gasteiger partial charge < -0.3 is 10.4 Å². The van der Waals surface area contributed by atoms with E-state index in [9.17, 15) is 13.6 Å². The van der Waals surface area contributed by atoms with E-state index < -0.39 is 28.9 Å². The third-order valence-electron chi connectivity index (χ3n) is 2.79. The summed E-state index contributed by atoms with van der Waals surface area (Å²) in [5, 5.41) is 13.5. The summed E-state index contributed by atoms with van der Waals surface area (Å²) < 4.78 is 27.6. The topological polar surface area (TPSA) is 62.2 Å². The van der Waals surface area contributed by atoms with Crippen LogP contribution in [0.4, 0.5) is 19.6 Å². The Morgan fingerprint density at radius 3 is 2.29 bits per heavy atom. The lowest BCUT2D eigenvalue weighted by atomic mass is 9.93. The Kier molecular flexibility index (Phi) is 3.95. The van der Waals surface area contributed by atoms with Crippen molar-refractivity contribution in [1.82, 2.24) is 4.98 Å². The molecule has 0 fully saturated rings. The second kappa shape index (κ2) is 5.40. The van der Waals surface area contributed by atoms with Crippen molar-refractivity contribution in [3.8, 4) is 0 Å². The Morgan fingerprint density at radius 1 is 1.29 bits per heavy atom. The van der Waals surface area contributed by atoms with E-state index in [0.29, 0.717) is 5.13 Å². The molecule has 0 aliphatic rings. The SMILES string of the molecule is CC(C)(C)c1csc(Nc2c(F)cc(C(=O)O)cc2F)n1. The molecule has 0 spiro atoms. The predicted octanol–water partition coefficient (Wildman–Crippen LogP) is 4.16. The Hall–Kier alpha value is -2.02. The van der Waals surface area contributed by atoms with Crippen LogP contribution in [0.1, 0.15) is 36.8 Å². The normalized spacial score (nSPS) is 11.5. The summed E-state index contributed by atoms with van der Waals surface area (Å²) in [6.45, 7) is 5.94. The zero-order valence-corrected chi connectivity index (χ0v) is 12.5. The van der Waals surface area contributed by atoms with Crippen molar-refractivity contribution < 1.29 is 18.7 Å². The summed E-state index contributed by atoms with van der Waals surface area (Å²) in [5.74, 6) is -3.33. The highest BCUT2D eigenvalue weighted by molar-refractivity contribution is 7.13. The van der Waals surface area contributed by atoms with Gasteiger partial charge in [-0.2, -0.15) is 0 Å². The fourth-order valence-electron chi connectivity index (χ4n) is 1.60. The highest BCUT2D eigenvalue weighted by atomic mass is 32.1. The zero-order valence-electron chi connectivity index (χ0n) is 11.7. The van der Waals surface area contributed by atoms with Gasteiger partial charge in [0.05, 0.1) is 11.3 Å². The first kappa shape index (κ1) is 15.4. The molecule has 21 heavy (non-hydrogen) atoms. The molecule has 0 saturated carbocycles. The Balaban J connectivity index is 2.32. The molecular formula is C14H14F2N2O2S. The van der Waals surface area contributed by atoms with Gasteiger partial charge in [0, 0.05) is 10.8 Å². The molecule has 0 atom stereocenters. The predicted molar refractivity (Wildman–Crippen MR) is 77.4 cm³/mol. The first-order valence-corrected chi connectivity index (χ1v) is 7.02. The Bertz CT molecular complexity index is 670. The van der Waals surface area contributed by atoms with Crippen LogP contribution in [0.3, 0.4) is 0 Å². The maximum Gasteiger partial charge on any atom is 0.335 e. The van der Waals surface area contributed by atoms with Gasteiger partial charge >= 0.3 is 5.97 Å². The molecule has 0 saturated heterocycles. The number of nitrogens with one attached hydrogen (secondary N) is 1. The standard InChI is InChI=1S/C14H14F2N2O2S/c1-14(2,3)10-6-21-13(17-10)18-11-8(15)4-7(12(19)20)5-9(11)16/h4-6H,1-3H3,(H,17,18)(H,19,20). The summed E-state index contributed by atoms with van der Waals surface area (Å²) in [4.78, 5) is 15.0. The molecule has 1 heterocycles. The van der Waals surface area contributed by atoms with Crippen molar-refractivity contribution in [3.63, 3.8) is 0 Å². The largest absolute Gasteiger partial charge is 0.478 e. The van der Waals surface area contributed by atoms with E-state index in [-0.39, 0.29) is 5.41 Å². The molecule has 2 aromatic rings. The van der Waals surface area contributed by atoms with Crippen LogP contribution in [0.25, 0.3) is 0 Å². The molecule has 1 aromatic heterocycles. The number of hydrogen-bond donors (Lipinski definition) is 2. The van der Waals surface area contributed by atoms with E-state index in [4.69, 9.17) is 5.11 Å². The molecule has 7 heteroatoms. The number of aromatic carboxylic acids is 1. The molecule has 0 radical (unpaired) electrons. The van der Waals surface area contributed by atoms with Gasteiger partial charge in [-0.1, -0.05) is 20.8 Å². The fraction of sp³-hybridized carbons (Fsp3) is 0.286. The second-order valence-electron chi connectivity index (χ2n) is 5.53. The fourth-order valence-corrected chi connectivity index (χ4v) is 2.54. The van der Waals surface area contributed by atoms with E-state index in [1.54, 1.807) is 0 Å². The van der Waals surface area contributed by atoms with E-state index >= 15 is 0 Å². The molecule has 2 N–H and O–H groups in total. The van der Waals surface area contributed by atoms with Crippen LogP contribution in [0.5, 0.6) is 0 Å². The first-order valence-electron chi connectivity index (χ1n) is 6.14. The number of carboxylic acids is 1. The maximum atomic E-state index is 13.8. The summed E-state index contributed by atoms with van der Waals surface area (Å²) in [6.07, 6.45) is 0. The summed E-state index contributed by atoms with van der Waals surface area (Å²) in [6, 6.07) is 1.54. The minimum absolute atomic E-state index is 0.166. The first-order chi connectivity index (χ1) is 9.68. The second-order valence-corrected chi connectivity index (χ2v) is 6.39. The number of hydrogen-bond acceptors (Lipinski definition) is 4. The lowest BCUT2D eigenvalue weighted by molar-refractivity contribution is 0.0696. The van der Waals surface area contributed by atoms with E-state index in [2.05, 4.69) is 10.3 Å². The molecule has 1 aromatic carbocycles. The number of carboxylic acid groups (broad SMARTS) is 1. The molecule has 112 valence electrons. The van der Waals surface area contributed by atoms with Gasteiger partial charge in [0.25, 0.3) is 0 Å². The monoisotopic (exact) mass is 312 g/mol. The minimum Gasteiger partial charge on any atom is -0.478 e. The van der Waals surface area contributed by atoms with Crippen molar-refractivity contribution in [1.29, 1.82) is 0 Å². The minimum atomic E-state index is -1.39. The quantitative estimate of drug-likeness (QED) is 0.893. The van der Waals surface area contributed by atoms with Crippen molar-refractivity contribution in [2.75, 3.05) is 5.32 Å². The van der Waals surface area contributed by atoms with E-state index in [1.807, 2.05) is 26.2 Å². The van der Waals surface area contributed by atoms with Gasteiger partial charge in [-0.25, -0.2) is 18.6 Å². The Labute approximate surface area is 124 Å². The molecule has 0 bridgehead atoms. The van der Waals surface area contributed by atoms with Crippen LogP contribution in [0.15, 0.2) is 17.5 Å². The number of anilines is 2. The third kappa shape index (κ3) is 3.36. The lowest BCUT2D eigenvalue weighted by Gasteiger charge is -2.14. The molecule has 0 unspecified atom stereocenters. The number of rotatable bonds is 3. The summed E-state index contributed by atoms with van der Waals surface area (Å²) in [7, 11) is 0. The number of nitrogens with zero attached hydrogens (tertiary/aromatic N) is 1. The smallest absolute Gasteiger partial charge is 0.335 e. The number of carbonyl (C=O) groups is 1. The maximum absolute atomic E-state index is 13.8. The highest BCUT2D eigenvalue weighted by Crippen LogP contribution is 2.30. The third-order valence-corrected chi connectivity index (χ3v) is 3.55. The molecule has 4 nitrogen and oxygen atoms in total. The van der Waals surface area contributed by atoms with Gasteiger partial charge in [0.1, 0.15) is 5.69 Å². The number of benzene rings is 1. The molecule has 0 aliphatic carbocycles. The van der Waals surface area contributed by atoms with Crippen LogP contribution >= 0.6 is 11.3 Å². The van der Waals surface area contributed by atoms with Crippen molar-refractivity contribution in [3.05, 3.63) is 40.4 Å². The van der Waals surface area contributed by atoms with Gasteiger partial charge in [-0.05, 0) is 12.1 Å². The zero-order chi connectivity index (χ0) is 15.8. The van der Waals surface area contributed by atoms with Crippen molar-refractivity contribution in [2.24, 2.45) is 0 Å². The van der Waals surface area contributed by atoms with E-state index in [0.717, 1.165) is 17.8 Å². The lowest BCUT2D eigenvalue weighted by Crippen LogP contribution is -2.11. The van der Waals surface area contributed by atoms with Crippen LogP contribution in [-0.4, -0.2) is 16.1 Å². The van der Waals surface area contributed by atoms with Crippen LogP contribution in [0.2, 0.25) is 0 Å². The van der Waals surface area contributed by atoms with Gasteiger partial charge in [-0.3, -0.25) is 0 Å². The number of aromatic nitrogens is 1. The average molecular weight is 312 g/mol. The average Bonchev–Trinajstić information content (AvgIpc) is 2.81. The van der Waals surface area contributed by atoms with E-state index in [1.165, 1.54) is 11.3 Å². The molecule has 2 rings (SSSR count). The van der Waals surface area contributed by atoms with Crippen molar-refractivity contribution >= 4 is 28.1 Å². The number of thiazole rings is 1. The molecule has 0 amide bonds. The number of halogens is 2. The molecular weight excluding hydrogens is 298 g/mol. The summed E-state index contributed by atoms with van der Waals surface area (Å²) in [5.41, 5.74) is -0.210. The molecule has 0 aliphatic heterocycles. The van der Waals surface area contributed by atoms with Crippen molar-refractivity contribution in [2.45, 2.75) is 26.2 Å². The Morgan fingerprint density at radius 2 is 1.86 bits per heavy atom. The van der Waals surface area contributed by atoms with Crippen LogP contribution < -0.4 is 5.32 Å². The summed E-state index contributed by atoms with van der Waals surface area (Å²) >= 11 is 1.23. The van der Waals surface area contributed by atoms with Gasteiger partial charge in [0.2, 0.25) is 0 Å². The van der Waals surface area contributed by atoms with Crippen LogP contribution in [-0.2, 0) is 5.41 Å².